The summed E-state index contributed by atoms with van der Waals surface area (Å²) in [4.78, 5) is 10.6. The molecule has 2 aromatic rings. The van der Waals surface area contributed by atoms with E-state index < -0.39 is 12.0 Å². The molecular formula is C8H6F3N5S2. The van der Waals surface area contributed by atoms with Crippen LogP contribution in [0.3, 0.4) is 0 Å². The first-order valence-electron chi connectivity index (χ1n) is 4.54. The largest absolute Gasteiger partial charge is 0.451 e. The highest BCUT2D eigenvalue weighted by Gasteiger charge is 2.35. The van der Waals surface area contributed by atoms with Crippen LogP contribution in [0.5, 0.6) is 0 Å². The SMILES string of the molecule is Cc1nsc(Sc2cc(N)nc(C(F)(F)F)n2)n1. The molecule has 96 valence electrons. The van der Waals surface area contributed by atoms with Crippen molar-refractivity contribution < 1.29 is 13.2 Å². The minimum Gasteiger partial charge on any atom is -0.384 e. The summed E-state index contributed by atoms with van der Waals surface area (Å²) < 4.78 is 41.8. The molecule has 0 unspecified atom stereocenters. The van der Waals surface area contributed by atoms with Gasteiger partial charge in [-0.2, -0.15) is 17.5 Å². The van der Waals surface area contributed by atoms with Crippen LogP contribution < -0.4 is 5.73 Å². The van der Waals surface area contributed by atoms with Gasteiger partial charge in [0.1, 0.15) is 16.7 Å². The third kappa shape index (κ3) is 3.07. The van der Waals surface area contributed by atoms with Gasteiger partial charge in [-0.05, 0) is 30.2 Å². The van der Waals surface area contributed by atoms with Gasteiger partial charge in [0, 0.05) is 6.07 Å². The first-order chi connectivity index (χ1) is 8.34. The number of aromatic nitrogens is 4. The summed E-state index contributed by atoms with van der Waals surface area (Å²) in [7, 11) is 0. The molecule has 2 N–H and O–H groups in total. The zero-order chi connectivity index (χ0) is 13.3. The van der Waals surface area contributed by atoms with E-state index >= 15 is 0 Å². The minimum atomic E-state index is -4.62. The molecule has 0 aromatic carbocycles. The molecule has 2 rings (SSSR count). The number of hydrogen-bond acceptors (Lipinski definition) is 7. The monoisotopic (exact) mass is 293 g/mol. The summed E-state index contributed by atoms with van der Waals surface area (Å²) in [5, 5.41) is 0.0889. The smallest absolute Gasteiger partial charge is 0.384 e. The standard InChI is InChI=1S/C8H6F3N5S2/c1-3-13-7(18-16-3)17-5-2-4(12)14-6(15-5)8(9,10)11/h2H,1H3,(H2,12,14,15). The molecule has 2 heterocycles. The second kappa shape index (κ2) is 4.69. The van der Waals surface area contributed by atoms with E-state index in [2.05, 4.69) is 19.3 Å². The molecule has 0 spiro atoms. The highest BCUT2D eigenvalue weighted by Crippen LogP contribution is 2.32. The van der Waals surface area contributed by atoms with E-state index in [4.69, 9.17) is 5.73 Å². The predicted molar refractivity (Wildman–Crippen MR) is 60.2 cm³/mol. The molecule has 0 fully saturated rings. The average Bonchev–Trinajstić information content (AvgIpc) is 2.61. The van der Waals surface area contributed by atoms with Gasteiger partial charge in [0.25, 0.3) is 0 Å². The number of nitrogens with two attached hydrogens (primary N) is 1. The van der Waals surface area contributed by atoms with Gasteiger partial charge in [-0.3, -0.25) is 0 Å². The van der Waals surface area contributed by atoms with E-state index in [1.807, 2.05) is 0 Å². The summed E-state index contributed by atoms with van der Waals surface area (Å²) in [6.07, 6.45) is -4.62. The van der Waals surface area contributed by atoms with Crippen molar-refractivity contribution in [3.05, 3.63) is 17.7 Å². The number of halogens is 3. The van der Waals surface area contributed by atoms with Crippen molar-refractivity contribution in [2.45, 2.75) is 22.5 Å². The van der Waals surface area contributed by atoms with Crippen LogP contribution in [0.25, 0.3) is 0 Å². The molecule has 10 heteroatoms. The number of nitrogen functional groups attached to an aromatic ring is 1. The number of alkyl halides is 3. The van der Waals surface area contributed by atoms with Gasteiger partial charge in [0.15, 0.2) is 4.34 Å². The first-order valence-corrected chi connectivity index (χ1v) is 6.13. The Morgan fingerprint density at radius 2 is 2.00 bits per heavy atom. The van der Waals surface area contributed by atoms with Gasteiger partial charge in [-0.1, -0.05) is 0 Å². The molecule has 2 aromatic heterocycles. The Morgan fingerprint density at radius 1 is 1.28 bits per heavy atom. The zero-order valence-electron chi connectivity index (χ0n) is 8.89. The molecule has 0 aliphatic carbocycles. The van der Waals surface area contributed by atoms with Crippen LogP contribution in [0.15, 0.2) is 15.4 Å². The molecule has 0 saturated heterocycles. The molecule has 0 aliphatic rings. The summed E-state index contributed by atoms with van der Waals surface area (Å²) in [5.74, 6) is -0.937. The van der Waals surface area contributed by atoms with Gasteiger partial charge in [0.05, 0.1) is 0 Å². The zero-order valence-corrected chi connectivity index (χ0v) is 10.5. The van der Waals surface area contributed by atoms with Crippen molar-refractivity contribution >= 4 is 29.1 Å². The molecule has 0 bridgehead atoms. The normalized spacial score (nSPS) is 11.8. The Morgan fingerprint density at radius 3 is 2.56 bits per heavy atom. The van der Waals surface area contributed by atoms with Crippen molar-refractivity contribution in [1.82, 2.24) is 19.3 Å². The fourth-order valence-corrected chi connectivity index (χ4v) is 2.64. The Hall–Kier alpha value is -1.42. The highest BCUT2D eigenvalue weighted by atomic mass is 32.2. The molecule has 0 saturated carbocycles. The van der Waals surface area contributed by atoms with Crippen molar-refractivity contribution in [3.8, 4) is 0 Å². The van der Waals surface area contributed by atoms with Crippen LogP contribution in [-0.4, -0.2) is 19.3 Å². The number of nitrogens with zero attached hydrogens (tertiary/aromatic N) is 4. The molecule has 0 aliphatic heterocycles. The molecule has 0 amide bonds. The summed E-state index contributed by atoms with van der Waals surface area (Å²) in [6, 6.07) is 1.26. The number of rotatable bonds is 2. The predicted octanol–water partition coefficient (Wildman–Crippen LogP) is 2.39. The summed E-state index contributed by atoms with van der Waals surface area (Å²) in [6.45, 7) is 1.69. The third-order valence-corrected chi connectivity index (χ3v) is 3.44. The fourth-order valence-electron chi connectivity index (χ4n) is 1.03. The van der Waals surface area contributed by atoms with E-state index in [9.17, 15) is 13.2 Å². The highest BCUT2D eigenvalue weighted by molar-refractivity contribution is 8.00. The van der Waals surface area contributed by atoms with Crippen LogP contribution >= 0.6 is 23.3 Å². The van der Waals surface area contributed by atoms with E-state index in [0.29, 0.717) is 10.2 Å². The molecule has 5 nitrogen and oxygen atoms in total. The Balaban J connectivity index is 2.31. The Bertz CT molecular complexity index is 568. The van der Waals surface area contributed by atoms with Crippen molar-refractivity contribution in [1.29, 1.82) is 0 Å². The fraction of sp³-hybridized carbons (Fsp3) is 0.250. The van der Waals surface area contributed by atoms with Gasteiger partial charge < -0.3 is 5.73 Å². The lowest BCUT2D eigenvalue weighted by atomic mass is 10.5. The van der Waals surface area contributed by atoms with Gasteiger partial charge >= 0.3 is 6.18 Å². The number of anilines is 1. The van der Waals surface area contributed by atoms with Crippen molar-refractivity contribution in [2.24, 2.45) is 0 Å². The maximum atomic E-state index is 12.5. The maximum absolute atomic E-state index is 12.5. The minimum absolute atomic E-state index is 0.0889. The second-order valence-corrected chi connectivity index (χ2v) is 5.18. The van der Waals surface area contributed by atoms with Crippen molar-refractivity contribution in [2.75, 3.05) is 5.73 Å². The van der Waals surface area contributed by atoms with Crippen LogP contribution in [0.4, 0.5) is 19.0 Å². The molecule has 0 radical (unpaired) electrons. The number of aryl methyl sites for hydroxylation is 1. The van der Waals surface area contributed by atoms with E-state index in [0.717, 1.165) is 23.3 Å². The van der Waals surface area contributed by atoms with Crippen molar-refractivity contribution in [3.63, 3.8) is 0 Å². The van der Waals surface area contributed by atoms with Gasteiger partial charge in [-0.25, -0.2) is 15.0 Å². The lowest BCUT2D eigenvalue weighted by Crippen LogP contribution is -2.12. The third-order valence-electron chi connectivity index (χ3n) is 1.68. The van der Waals surface area contributed by atoms with Crippen LogP contribution in [0.2, 0.25) is 0 Å². The average molecular weight is 293 g/mol. The van der Waals surface area contributed by atoms with Gasteiger partial charge in [-0.15, -0.1) is 0 Å². The molecule has 18 heavy (non-hydrogen) atoms. The summed E-state index contributed by atoms with van der Waals surface area (Å²) >= 11 is 2.05. The molecule has 0 atom stereocenters. The van der Waals surface area contributed by atoms with Crippen LogP contribution in [0, 0.1) is 6.92 Å². The Labute approximate surface area is 108 Å². The van der Waals surface area contributed by atoms with Gasteiger partial charge in [0.2, 0.25) is 5.82 Å². The summed E-state index contributed by atoms with van der Waals surface area (Å²) in [5.41, 5.74) is 5.32. The van der Waals surface area contributed by atoms with Crippen LogP contribution in [0.1, 0.15) is 11.6 Å². The maximum Gasteiger partial charge on any atom is 0.451 e. The van der Waals surface area contributed by atoms with E-state index in [1.165, 1.54) is 6.07 Å². The Kier molecular flexibility index (Phi) is 3.39. The van der Waals surface area contributed by atoms with Crippen LogP contribution in [-0.2, 0) is 6.18 Å². The number of hydrogen-bond donors (Lipinski definition) is 1. The lowest BCUT2D eigenvalue weighted by Gasteiger charge is -2.06. The topological polar surface area (TPSA) is 77.6 Å². The molecular weight excluding hydrogens is 287 g/mol. The van der Waals surface area contributed by atoms with E-state index in [1.54, 1.807) is 6.92 Å². The quantitative estimate of drug-likeness (QED) is 0.857. The lowest BCUT2D eigenvalue weighted by molar-refractivity contribution is -0.145. The van der Waals surface area contributed by atoms with E-state index in [-0.39, 0.29) is 10.8 Å². The second-order valence-electron chi connectivity index (χ2n) is 3.16. The first kappa shape index (κ1) is 13.0.